The number of piperidine rings is 1. The standard InChI is InChI=1S/C17H25FN2O4S/c1-17(2,3)24-16(21)19-10-8-14(9-11-19)20(25(4,22)23)15-7-5-6-13(18)12-15/h5-7,12,14H,8-11H2,1-4H3. The van der Waals surface area contributed by atoms with Gasteiger partial charge in [-0.1, -0.05) is 6.07 Å². The summed E-state index contributed by atoms with van der Waals surface area (Å²) < 4.78 is 44.6. The number of rotatable bonds is 3. The molecule has 0 aliphatic carbocycles. The second-order valence-electron chi connectivity index (χ2n) is 7.24. The fraction of sp³-hybridized carbons (Fsp3) is 0.588. The lowest BCUT2D eigenvalue weighted by Crippen LogP contribution is -2.49. The van der Waals surface area contributed by atoms with Crippen LogP contribution < -0.4 is 4.31 Å². The van der Waals surface area contributed by atoms with Crippen LogP contribution in [0.4, 0.5) is 14.9 Å². The van der Waals surface area contributed by atoms with Gasteiger partial charge in [-0.05, 0) is 51.8 Å². The van der Waals surface area contributed by atoms with Crippen molar-refractivity contribution in [2.75, 3.05) is 23.7 Å². The van der Waals surface area contributed by atoms with Crippen LogP contribution in [-0.4, -0.2) is 50.4 Å². The molecule has 25 heavy (non-hydrogen) atoms. The van der Waals surface area contributed by atoms with Crippen LogP contribution in [0, 0.1) is 5.82 Å². The van der Waals surface area contributed by atoms with E-state index in [1.54, 1.807) is 31.7 Å². The molecule has 2 rings (SSSR count). The van der Waals surface area contributed by atoms with Gasteiger partial charge in [-0.25, -0.2) is 17.6 Å². The summed E-state index contributed by atoms with van der Waals surface area (Å²) >= 11 is 0. The summed E-state index contributed by atoms with van der Waals surface area (Å²) in [6.45, 7) is 6.18. The molecule has 0 atom stereocenters. The first-order valence-corrected chi connectivity index (χ1v) is 10.0. The van der Waals surface area contributed by atoms with Crippen molar-refractivity contribution >= 4 is 21.8 Å². The fourth-order valence-electron chi connectivity index (χ4n) is 2.90. The molecule has 0 unspecified atom stereocenters. The number of anilines is 1. The van der Waals surface area contributed by atoms with Crippen molar-refractivity contribution in [3.8, 4) is 0 Å². The molecule has 8 heteroatoms. The second-order valence-corrected chi connectivity index (χ2v) is 9.10. The van der Waals surface area contributed by atoms with Crippen LogP contribution in [0.15, 0.2) is 24.3 Å². The first kappa shape index (κ1) is 19.5. The van der Waals surface area contributed by atoms with Crippen molar-refractivity contribution in [2.24, 2.45) is 0 Å². The summed E-state index contributed by atoms with van der Waals surface area (Å²) in [5.74, 6) is -0.489. The fourth-order valence-corrected chi connectivity index (χ4v) is 4.14. The Labute approximate surface area is 148 Å². The van der Waals surface area contributed by atoms with Crippen molar-refractivity contribution in [2.45, 2.75) is 45.3 Å². The molecule has 1 aliphatic heterocycles. The van der Waals surface area contributed by atoms with E-state index in [4.69, 9.17) is 4.74 Å². The smallest absolute Gasteiger partial charge is 0.410 e. The molecule has 0 saturated carbocycles. The molecule has 0 aromatic heterocycles. The van der Waals surface area contributed by atoms with Gasteiger partial charge < -0.3 is 9.64 Å². The molecule has 0 N–H and O–H groups in total. The molecular weight excluding hydrogens is 347 g/mol. The van der Waals surface area contributed by atoms with Gasteiger partial charge >= 0.3 is 6.09 Å². The number of hydrogen-bond donors (Lipinski definition) is 0. The number of hydrogen-bond acceptors (Lipinski definition) is 4. The maximum Gasteiger partial charge on any atom is 0.410 e. The molecule has 1 aromatic carbocycles. The van der Waals surface area contributed by atoms with E-state index in [2.05, 4.69) is 0 Å². The van der Waals surface area contributed by atoms with E-state index in [0.717, 1.165) is 6.26 Å². The van der Waals surface area contributed by atoms with E-state index in [1.165, 1.54) is 22.5 Å². The number of amides is 1. The lowest BCUT2D eigenvalue weighted by molar-refractivity contribution is 0.0208. The molecule has 1 heterocycles. The molecule has 1 amide bonds. The monoisotopic (exact) mass is 372 g/mol. The number of carbonyl (C=O) groups is 1. The van der Waals surface area contributed by atoms with Gasteiger partial charge in [0, 0.05) is 19.1 Å². The molecule has 1 aliphatic rings. The summed E-state index contributed by atoms with van der Waals surface area (Å²) in [4.78, 5) is 13.7. The van der Waals surface area contributed by atoms with Gasteiger partial charge in [0.05, 0.1) is 11.9 Å². The van der Waals surface area contributed by atoms with Crippen molar-refractivity contribution in [1.82, 2.24) is 4.90 Å². The molecule has 0 radical (unpaired) electrons. The highest BCUT2D eigenvalue weighted by atomic mass is 32.2. The Balaban J connectivity index is 2.12. The minimum absolute atomic E-state index is 0.304. The minimum atomic E-state index is -3.57. The highest BCUT2D eigenvalue weighted by Gasteiger charge is 2.33. The number of likely N-dealkylation sites (tertiary alicyclic amines) is 1. The van der Waals surface area contributed by atoms with Crippen LogP contribution in [0.3, 0.4) is 0 Å². The van der Waals surface area contributed by atoms with Crippen LogP contribution in [0.1, 0.15) is 33.6 Å². The van der Waals surface area contributed by atoms with E-state index in [1.807, 2.05) is 0 Å². The Morgan fingerprint density at radius 3 is 2.36 bits per heavy atom. The van der Waals surface area contributed by atoms with E-state index in [0.29, 0.717) is 31.6 Å². The highest BCUT2D eigenvalue weighted by Crippen LogP contribution is 2.27. The molecule has 1 aromatic rings. The molecule has 140 valence electrons. The Hall–Kier alpha value is -1.83. The SMILES string of the molecule is CC(C)(C)OC(=O)N1CCC(N(c2cccc(F)c2)S(C)(=O)=O)CC1. The average Bonchev–Trinajstić information content (AvgIpc) is 2.45. The van der Waals surface area contributed by atoms with E-state index >= 15 is 0 Å². The van der Waals surface area contributed by atoms with Crippen LogP contribution in [0.5, 0.6) is 0 Å². The third-order valence-electron chi connectivity index (χ3n) is 3.87. The molecule has 1 fully saturated rings. The van der Waals surface area contributed by atoms with Gasteiger partial charge in [0.1, 0.15) is 11.4 Å². The number of halogens is 1. The summed E-state index contributed by atoms with van der Waals surface area (Å²) in [5.41, 5.74) is -0.271. The quantitative estimate of drug-likeness (QED) is 0.818. The zero-order valence-corrected chi connectivity index (χ0v) is 15.8. The predicted molar refractivity (Wildman–Crippen MR) is 94.6 cm³/mol. The van der Waals surface area contributed by atoms with E-state index in [9.17, 15) is 17.6 Å². The maximum atomic E-state index is 13.5. The van der Waals surface area contributed by atoms with Gasteiger partial charge in [0.2, 0.25) is 10.0 Å². The highest BCUT2D eigenvalue weighted by molar-refractivity contribution is 7.92. The van der Waals surface area contributed by atoms with E-state index < -0.39 is 27.5 Å². The van der Waals surface area contributed by atoms with Gasteiger partial charge in [0.25, 0.3) is 0 Å². The molecule has 0 spiro atoms. The number of nitrogens with zero attached hydrogens (tertiary/aromatic N) is 2. The third kappa shape index (κ3) is 5.32. The molecular formula is C17H25FN2O4S. The van der Waals surface area contributed by atoms with Crippen molar-refractivity contribution in [1.29, 1.82) is 0 Å². The van der Waals surface area contributed by atoms with Crippen LogP contribution in [0.25, 0.3) is 0 Å². The van der Waals surface area contributed by atoms with Crippen LogP contribution in [0.2, 0.25) is 0 Å². The molecule has 0 bridgehead atoms. The number of ether oxygens (including phenoxy) is 1. The summed E-state index contributed by atoms with van der Waals surface area (Å²) in [6.07, 6.45) is 1.63. The van der Waals surface area contributed by atoms with Gasteiger partial charge in [-0.3, -0.25) is 4.31 Å². The zero-order chi connectivity index (χ0) is 18.8. The van der Waals surface area contributed by atoms with Gasteiger partial charge in [-0.15, -0.1) is 0 Å². The normalized spacial score (nSPS) is 16.6. The predicted octanol–water partition coefficient (Wildman–Crippen LogP) is 2.99. The topological polar surface area (TPSA) is 66.9 Å². The number of benzene rings is 1. The largest absolute Gasteiger partial charge is 0.444 e. The van der Waals surface area contributed by atoms with E-state index in [-0.39, 0.29) is 6.04 Å². The number of carbonyl (C=O) groups excluding carboxylic acids is 1. The number of sulfonamides is 1. The first-order valence-electron chi connectivity index (χ1n) is 8.20. The Bertz CT molecular complexity index is 722. The summed E-state index contributed by atoms with van der Waals surface area (Å²) in [7, 11) is -3.57. The van der Waals surface area contributed by atoms with Crippen molar-refractivity contribution < 1.29 is 22.3 Å². The summed E-state index contributed by atoms with van der Waals surface area (Å²) in [6, 6.07) is 5.22. The molecule has 1 saturated heterocycles. The summed E-state index contributed by atoms with van der Waals surface area (Å²) in [5, 5.41) is 0. The van der Waals surface area contributed by atoms with Gasteiger partial charge in [0.15, 0.2) is 0 Å². The third-order valence-corrected chi connectivity index (χ3v) is 5.09. The van der Waals surface area contributed by atoms with Crippen LogP contribution in [-0.2, 0) is 14.8 Å². The second kappa shape index (κ2) is 7.19. The average molecular weight is 372 g/mol. The van der Waals surface area contributed by atoms with Crippen LogP contribution >= 0.6 is 0 Å². The Kier molecular flexibility index (Phi) is 5.61. The minimum Gasteiger partial charge on any atom is -0.444 e. The Morgan fingerprint density at radius 1 is 1.28 bits per heavy atom. The van der Waals surface area contributed by atoms with Gasteiger partial charge in [-0.2, -0.15) is 0 Å². The Morgan fingerprint density at radius 2 is 1.88 bits per heavy atom. The lowest BCUT2D eigenvalue weighted by Gasteiger charge is -2.38. The zero-order valence-electron chi connectivity index (χ0n) is 15.0. The first-order chi connectivity index (χ1) is 11.5. The maximum absolute atomic E-state index is 13.5. The molecule has 6 nitrogen and oxygen atoms in total. The van der Waals surface area contributed by atoms with Crippen molar-refractivity contribution in [3.05, 3.63) is 30.1 Å². The van der Waals surface area contributed by atoms with Crippen molar-refractivity contribution in [3.63, 3.8) is 0 Å². The lowest BCUT2D eigenvalue weighted by atomic mass is 10.0.